The van der Waals surface area contributed by atoms with Crippen molar-refractivity contribution in [3.8, 4) is 0 Å². The third kappa shape index (κ3) is 5.92. The molecule has 1 aromatic heterocycles. The van der Waals surface area contributed by atoms with Gasteiger partial charge in [0, 0.05) is 52.2 Å². The molecule has 1 N–H and O–H groups in total. The van der Waals surface area contributed by atoms with Gasteiger partial charge < -0.3 is 24.2 Å². The summed E-state index contributed by atoms with van der Waals surface area (Å²) in [4.78, 5) is 20.1. The molecule has 1 aromatic carbocycles. The summed E-state index contributed by atoms with van der Waals surface area (Å²) in [7, 11) is 4.05. The van der Waals surface area contributed by atoms with E-state index >= 15 is 0 Å². The Hall–Kier alpha value is -3.24. The number of allylic oxidation sites excluding steroid dienone is 1. The van der Waals surface area contributed by atoms with Gasteiger partial charge in [0.25, 0.3) is 0 Å². The number of nitrogens with zero attached hydrogens (tertiary/aromatic N) is 7. The minimum Gasteiger partial charge on any atom is -0.378 e. The Morgan fingerprint density at radius 1 is 0.875 bits per heavy atom. The Balaban J connectivity index is 1.44. The molecule has 2 fully saturated rings. The van der Waals surface area contributed by atoms with Crippen LogP contribution in [-0.4, -0.2) is 87.9 Å². The van der Waals surface area contributed by atoms with Crippen LogP contribution in [-0.2, 0) is 9.47 Å². The number of nitrogens with one attached hydrogen (secondary N) is 1. The van der Waals surface area contributed by atoms with Gasteiger partial charge in [0.05, 0.1) is 26.4 Å². The molecule has 170 valence electrons. The topological polar surface area (TPSA) is 91.2 Å². The van der Waals surface area contributed by atoms with Crippen LogP contribution in [0.25, 0.3) is 6.08 Å². The highest BCUT2D eigenvalue weighted by Gasteiger charge is 2.20. The highest BCUT2D eigenvalue weighted by atomic mass is 16.5. The molecule has 0 amide bonds. The van der Waals surface area contributed by atoms with Crippen LogP contribution in [0.4, 0.5) is 23.5 Å². The molecule has 32 heavy (non-hydrogen) atoms. The van der Waals surface area contributed by atoms with E-state index in [1.165, 1.54) is 5.69 Å². The molecule has 4 rings (SSSR count). The van der Waals surface area contributed by atoms with E-state index in [0.29, 0.717) is 44.3 Å². The highest BCUT2D eigenvalue weighted by molar-refractivity contribution is 5.78. The lowest BCUT2D eigenvalue weighted by Crippen LogP contribution is -2.40. The van der Waals surface area contributed by atoms with Gasteiger partial charge in [0.15, 0.2) is 0 Å². The molecule has 0 saturated carbocycles. The first-order valence-corrected chi connectivity index (χ1v) is 10.8. The van der Waals surface area contributed by atoms with Gasteiger partial charge in [-0.3, -0.25) is 0 Å². The number of benzene rings is 1. The molecular formula is C22H30N8O2. The number of hydrogen-bond acceptors (Lipinski definition) is 10. The monoisotopic (exact) mass is 438 g/mol. The fourth-order valence-corrected chi connectivity index (χ4v) is 3.39. The van der Waals surface area contributed by atoms with Crippen molar-refractivity contribution in [1.29, 1.82) is 0 Å². The first kappa shape index (κ1) is 22.0. The first-order valence-electron chi connectivity index (χ1n) is 10.8. The number of ether oxygens (including phenoxy) is 2. The van der Waals surface area contributed by atoms with Crippen LogP contribution >= 0.6 is 0 Å². The SMILES string of the molecule is CN(C)c1ccc(/C=C/C=N/Nc2nc(N3CCOCC3)nc(N3CCOCC3)n2)cc1. The Kier molecular flexibility index (Phi) is 7.47. The van der Waals surface area contributed by atoms with Crippen LogP contribution in [0, 0.1) is 0 Å². The van der Waals surface area contributed by atoms with E-state index in [4.69, 9.17) is 14.5 Å². The van der Waals surface area contributed by atoms with Crippen LogP contribution in [0.2, 0.25) is 0 Å². The van der Waals surface area contributed by atoms with Crippen molar-refractivity contribution in [3.05, 3.63) is 35.9 Å². The van der Waals surface area contributed by atoms with Gasteiger partial charge in [0.1, 0.15) is 0 Å². The second-order valence-electron chi connectivity index (χ2n) is 7.69. The molecule has 10 heteroatoms. The average molecular weight is 439 g/mol. The van der Waals surface area contributed by atoms with Crippen molar-refractivity contribution in [2.75, 3.05) is 86.8 Å². The van der Waals surface area contributed by atoms with Gasteiger partial charge in [-0.05, 0) is 23.8 Å². The van der Waals surface area contributed by atoms with Gasteiger partial charge in [0.2, 0.25) is 17.8 Å². The molecule has 0 radical (unpaired) electrons. The van der Waals surface area contributed by atoms with Gasteiger partial charge in [-0.2, -0.15) is 20.1 Å². The van der Waals surface area contributed by atoms with E-state index in [2.05, 4.69) is 59.5 Å². The minimum absolute atomic E-state index is 0.419. The van der Waals surface area contributed by atoms with Crippen LogP contribution in [0.1, 0.15) is 5.56 Å². The van der Waals surface area contributed by atoms with Crippen molar-refractivity contribution >= 4 is 35.8 Å². The summed E-state index contributed by atoms with van der Waals surface area (Å²) in [6.45, 7) is 5.68. The molecule has 0 bridgehead atoms. The molecule has 10 nitrogen and oxygen atoms in total. The summed E-state index contributed by atoms with van der Waals surface area (Å²) >= 11 is 0. The van der Waals surface area contributed by atoms with E-state index in [9.17, 15) is 0 Å². The number of rotatable bonds is 7. The van der Waals surface area contributed by atoms with Crippen LogP contribution < -0.4 is 20.1 Å². The molecule has 2 saturated heterocycles. The van der Waals surface area contributed by atoms with Gasteiger partial charge in [-0.1, -0.05) is 18.2 Å². The zero-order chi connectivity index (χ0) is 22.2. The molecule has 2 aliphatic rings. The third-order valence-electron chi connectivity index (χ3n) is 5.22. The molecule has 2 aliphatic heterocycles. The largest absolute Gasteiger partial charge is 0.378 e. The van der Waals surface area contributed by atoms with Gasteiger partial charge in [-0.15, -0.1) is 0 Å². The van der Waals surface area contributed by atoms with Gasteiger partial charge in [-0.25, -0.2) is 5.43 Å². The predicted molar refractivity (Wildman–Crippen MR) is 128 cm³/mol. The van der Waals surface area contributed by atoms with Crippen molar-refractivity contribution in [2.24, 2.45) is 5.10 Å². The number of aromatic nitrogens is 3. The number of hydrazone groups is 1. The van der Waals surface area contributed by atoms with Crippen molar-refractivity contribution < 1.29 is 9.47 Å². The zero-order valence-electron chi connectivity index (χ0n) is 18.6. The Morgan fingerprint density at radius 3 is 1.97 bits per heavy atom. The maximum atomic E-state index is 5.46. The fraction of sp³-hybridized carbons (Fsp3) is 0.455. The summed E-state index contributed by atoms with van der Waals surface area (Å²) < 4.78 is 10.9. The Bertz CT molecular complexity index is 884. The smallest absolute Gasteiger partial charge is 0.250 e. The predicted octanol–water partition coefficient (Wildman–Crippen LogP) is 1.72. The van der Waals surface area contributed by atoms with E-state index in [0.717, 1.165) is 31.7 Å². The zero-order valence-corrected chi connectivity index (χ0v) is 18.6. The normalized spacial score (nSPS) is 17.3. The van der Waals surface area contributed by atoms with Crippen molar-refractivity contribution in [1.82, 2.24) is 15.0 Å². The molecule has 0 aliphatic carbocycles. The van der Waals surface area contributed by atoms with E-state index in [-0.39, 0.29) is 0 Å². The van der Waals surface area contributed by atoms with E-state index in [1.54, 1.807) is 6.21 Å². The lowest BCUT2D eigenvalue weighted by Gasteiger charge is -2.30. The van der Waals surface area contributed by atoms with E-state index < -0.39 is 0 Å². The van der Waals surface area contributed by atoms with Gasteiger partial charge >= 0.3 is 0 Å². The number of anilines is 4. The molecular weight excluding hydrogens is 408 g/mol. The van der Waals surface area contributed by atoms with Crippen molar-refractivity contribution in [2.45, 2.75) is 0 Å². The summed E-state index contributed by atoms with van der Waals surface area (Å²) in [5.41, 5.74) is 5.22. The standard InChI is InChI=1S/C22H30N8O2/c1-28(2)19-7-5-18(6-8-19)4-3-9-23-27-20-24-21(29-10-14-31-15-11-29)26-22(25-20)30-12-16-32-17-13-30/h3-9H,10-17H2,1-2H3,(H,24,25,26,27)/b4-3+,23-9+. The lowest BCUT2D eigenvalue weighted by atomic mass is 10.2. The fourth-order valence-electron chi connectivity index (χ4n) is 3.39. The maximum Gasteiger partial charge on any atom is 0.250 e. The summed E-state index contributed by atoms with van der Waals surface area (Å²) in [5, 5.41) is 4.27. The number of hydrogen-bond donors (Lipinski definition) is 1. The Labute approximate surface area is 188 Å². The average Bonchev–Trinajstić information content (AvgIpc) is 2.85. The minimum atomic E-state index is 0.419. The number of morpholine rings is 2. The van der Waals surface area contributed by atoms with E-state index in [1.807, 2.05) is 26.2 Å². The quantitative estimate of drug-likeness (QED) is 0.512. The highest BCUT2D eigenvalue weighted by Crippen LogP contribution is 2.19. The first-order chi connectivity index (χ1) is 15.7. The molecule has 3 heterocycles. The molecule has 2 aromatic rings. The molecule has 0 atom stereocenters. The van der Waals surface area contributed by atoms with Crippen molar-refractivity contribution in [3.63, 3.8) is 0 Å². The van der Waals surface area contributed by atoms with Crippen LogP contribution in [0.15, 0.2) is 35.4 Å². The van der Waals surface area contributed by atoms with Crippen LogP contribution in [0.3, 0.4) is 0 Å². The molecule has 0 spiro atoms. The Morgan fingerprint density at radius 2 is 1.44 bits per heavy atom. The lowest BCUT2D eigenvalue weighted by molar-refractivity contribution is 0.121. The summed E-state index contributed by atoms with van der Waals surface area (Å²) in [6, 6.07) is 8.31. The summed E-state index contributed by atoms with van der Waals surface area (Å²) in [6.07, 6.45) is 5.56. The third-order valence-corrected chi connectivity index (χ3v) is 5.22. The summed E-state index contributed by atoms with van der Waals surface area (Å²) in [5.74, 6) is 1.70. The maximum absolute atomic E-state index is 5.46. The second kappa shape index (κ2) is 10.9. The van der Waals surface area contributed by atoms with Crippen LogP contribution in [0.5, 0.6) is 0 Å². The second-order valence-corrected chi connectivity index (χ2v) is 7.69. The molecule has 0 unspecified atom stereocenters.